The molecule has 3 aromatic rings. The van der Waals surface area contributed by atoms with Crippen molar-refractivity contribution in [2.24, 2.45) is 5.92 Å². The lowest BCUT2D eigenvalue weighted by atomic mass is 10.1. The summed E-state index contributed by atoms with van der Waals surface area (Å²) in [7, 11) is 1.56. The van der Waals surface area contributed by atoms with Gasteiger partial charge in [0.05, 0.1) is 0 Å². The first-order valence-electron chi connectivity index (χ1n) is 11.8. The van der Waals surface area contributed by atoms with Crippen molar-refractivity contribution in [3.8, 4) is 5.75 Å². The van der Waals surface area contributed by atoms with E-state index < -0.39 is 35.5 Å². The summed E-state index contributed by atoms with van der Waals surface area (Å²) < 4.78 is 16.6. The summed E-state index contributed by atoms with van der Waals surface area (Å²) >= 11 is 1.57. The predicted molar refractivity (Wildman–Crippen MR) is 138 cm³/mol. The molecule has 0 fully saturated rings. The Kier molecular flexibility index (Phi) is 9.67. The summed E-state index contributed by atoms with van der Waals surface area (Å²) in [5, 5.41) is 13.6. The van der Waals surface area contributed by atoms with E-state index >= 15 is 0 Å². The molecule has 0 aliphatic rings. The maximum atomic E-state index is 12.6. The summed E-state index contributed by atoms with van der Waals surface area (Å²) in [5.74, 6) is -0.755. The standard InChI is InChI=1S/C26H30N2O8S/c1-17(2)24(36-28(31)32)25(29)33-18(3)34-26(30)27(4)15-14-22(23-13-8-16-37-23)35-21-12-7-10-19-9-5-6-11-20(19)21/h5-13,16-18,22,24H,14-15H2,1-4H3/t18?,22-,24+/m0/s1. The Morgan fingerprint density at radius 3 is 2.43 bits per heavy atom. The fraction of sp³-hybridized carbons (Fsp3) is 0.385. The van der Waals surface area contributed by atoms with Crippen molar-refractivity contribution >= 4 is 34.2 Å². The molecule has 1 amide bonds. The molecule has 0 bridgehead atoms. The van der Waals surface area contributed by atoms with Crippen molar-refractivity contribution < 1.29 is 33.7 Å². The molecule has 0 spiro atoms. The van der Waals surface area contributed by atoms with Crippen molar-refractivity contribution in [2.75, 3.05) is 13.6 Å². The van der Waals surface area contributed by atoms with E-state index in [1.165, 1.54) is 11.8 Å². The van der Waals surface area contributed by atoms with Crippen molar-refractivity contribution in [3.05, 3.63) is 75.0 Å². The zero-order valence-corrected chi connectivity index (χ0v) is 21.9. The average molecular weight is 531 g/mol. The van der Waals surface area contributed by atoms with E-state index in [1.54, 1.807) is 32.2 Å². The topological polar surface area (TPSA) is 117 Å². The molecule has 1 unspecified atom stereocenters. The van der Waals surface area contributed by atoms with Crippen LogP contribution in [0.1, 0.15) is 38.2 Å². The lowest BCUT2D eigenvalue weighted by Gasteiger charge is -2.24. The van der Waals surface area contributed by atoms with Gasteiger partial charge in [-0.25, -0.2) is 9.59 Å². The molecule has 1 aromatic heterocycles. The highest BCUT2D eigenvalue weighted by atomic mass is 32.1. The SMILES string of the molecule is CC(OC(=O)[C@H](O[N+](=O)[O-])C(C)C)OC(=O)N(C)CC[C@H](Oc1cccc2ccccc12)c1cccs1. The summed E-state index contributed by atoms with van der Waals surface area (Å²) in [5.41, 5.74) is 0. The first-order valence-corrected chi connectivity index (χ1v) is 12.6. The third-order valence-electron chi connectivity index (χ3n) is 5.50. The molecular formula is C26H30N2O8S. The number of nitrogens with zero attached hydrogens (tertiary/aromatic N) is 2. The van der Waals surface area contributed by atoms with Crippen LogP contribution in [0.4, 0.5) is 4.79 Å². The van der Waals surface area contributed by atoms with Crippen LogP contribution in [0.2, 0.25) is 0 Å². The number of esters is 1. The van der Waals surface area contributed by atoms with Gasteiger partial charge < -0.3 is 19.1 Å². The van der Waals surface area contributed by atoms with Gasteiger partial charge in [-0.3, -0.25) is 4.84 Å². The second-order valence-corrected chi connectivity index (χ2v) is 9.67. The van der Waals surface area contributed by atoms with Gasteiger partial charge in [0.15, 0.2) is 0 Å². The first-order chi connectivity index (χ1) is 17.7. The van der Waals surface area contributed by atoms with Gasteiger partial charge in [-0.2, -0.15) is 0 Å². The molecule has 0 saturated carbocycles. The average Bonchev–Trinajstić information content (AvgIpc) is 3.39. The number of ether oxygens (including phenoxy) is 3. The smallest absolute Gasteiger partial charge is 0.412 e. The molecule has 3 rings (SSSR count). The van der Waals surface area contributed by atoms with E-state index in [9.17, 15) is 19.7 Å². The Bertz CT molecular complexity index is 1200. The van der Waals surface area contributed by atoms with Gasteiger partial charge in [-0.15, -0.1) is 21.5 Å². The van der Waals surface area contributed by atoms with Gasteiger partial charge in [-0.05, 0) is 28.8 Å². The number of carbonyl (C=O) groups is 2. The van der Waals surface area contributed by atoms with Gasteiger partial charge in [0.2, 0.25) is 12.4 Å². The molecule has 0 radical (unpaired) electrons. The van der Waals surface area contributed by atoms with Crippen LogP contribution >= 0.6 is 11.3 Å². The number of fused-ring (bicyclic) bond motifs is 1. The zero-order chi connectivity index (χ0) is 26.9. The minimum absolute atomic E-state index is 0.298. The predicted octanol–water partition coefficient (Wildman–Crippen LogP) is 5.60. The molecule has 0 aliphatic carbocycles. The highest BCUT2D eigenvalue weighted by Crippen LogP contribution is 2.33. The number of thiophene rings is 1. The van der Waals surface area contributed by atoms with Crippen LogP contribution in [0, 0.1) is 16.0 Å². The Labute approximate surface area is 218 Å². The second kappa shape index (κ2) is 12.9. The fourth-order valence-corrected chi connectivity index (χ4v) is 4.39. The lowest BCUT2D eigenvalue weighted by molar-refractivity contribution is -0.766. The molecular weight excluding hydrogens is 500 g/mol. The molecule has 198 valence electrons. The first kappa shape index (κ1) is 27.7. The normalized spacial score (nSPS) is 13.4. The van der Waals surface area contributed by atoms with Gasteiger partial charge in [-0.1, -0.05) is 56.3 Å². The Hall–Kier alpha value is -3.86. The molecule has 37 heavy (non-hydrogen) atoms. The Balaban J connectivity index is 1.59. The van der Waals surface area contributed by atoms with E-state index in [0.717, 1.165) is 21.4 Å². The van der Waals surface area contributed by atoms with E-state index in [1.807, 2.05) is 60.0 Å². The second-order valence-electron chi connectivity index (χ2n) is 8.69. The molecule has 11 heteroatoms. The molecule has 3 atom stereocenters. The van der Waals surface area contributed by atoms with Crippen LogP contribution < -0.4 is 4.74 Å². The highest BCUT2D eigenvalue weighted by Gasteiger charge is 2.30. The van der Waals surface area contributed by atoms with Crippen LogP contribution in [0.25, 0.3) is 10.8 Å². The number of hydrogen-bond acceptors (Lipinski definition) is 9. The van der Waals surface area contributed by atoms with Crippen LogP contribution in [-0.2, 0) is 19.1 Å². The minimum atomic E-state index is -1.42. The third kappa shape index (κ3) is 7.81. The molecule has 0 N–H and O–H groups in total. The molecule has 10 nitrogen and oxygen atoms in total. The Morgan fingerprint density at radius 2 is 1.76 bits per heavy atom. The number of amides is 1. The largest absolute Gasteiger partial charge is 0.484 e. The van der Waals surface area contributed by atoms with E-state index in [0.29, 0.717) is 13.0 Å². The number of hydrogen-bond donors (Lipinski definition) is 0. The van der Waals surface area contributed by atoms with Gasteiger partial charge in [0, 0.05) is 37.2 Å². The maximum absolute atomic E-state index is 12.6. The van der Waals surface area contributed by atoms with Crippen molar-refractivity contribution in [1.29, 1.82) is 0 Å². The van der Waals surface area contributed by atoms with Crippen LogP contribution in [0.15, 0.2) is 60.0 Å². The number of benzene rings is 2. The quantitative estimate of drug-likeness (QED) is 0.128. The van der Waals surface area contributed by atoms with Crippen molar-refractivity contribution in [3.63, 3.8) is 0 Å². The summed E-state index contributed by atoms with van der Waals surface area (Å²) in [6.07, 6.45) is -3.23. The van der Waals surface area contributed by atoms with Gasteiger partial charge >= 0.3 is 12.1 Å². The van der Waals surface area contributed by atoms with Crippen molar-refractivity contribution in [2.45, 2.75) is 45.7 Å². The number of rotatable bonds is 12. The Morgan fingerprint density at radius 1 is 1.03 bits per heavy atom. The fourth-order valence-electron chi connectivity index (χ4n) is 3.60. The third-order valence-corrected chi connectivity index (χ3v) is 6.47. The minimum Gasteiger partial charge on any atom is -0.484 e. The monoisotopic (exact) mass is 530 g/mol. The lowest BCUT2D eigenvalue weighted by Crippen LogP contribution is -2.38. The van der Waals surface area contributed by atoms with E-state index in [2.05, 4.69) is 4.84 Å². The van der Waals surface area contributed by atoms with Gasteiger partial charge in [0.1, 0.15) is 11.9 Å². The van der Waals surface area contributed by atoms with Crippen molar-refractivity contribution in [1.82, 2.24) is 4.90 Å². The summed E-state index contributed by atoms with van der Waals surface area (Å²) in [4.78, 5) is 42.2. The van der Waals surface area contributed by atoms with Crippen LogP contribution in [0.3, 0.4) is 0 Å². The number of carbonyl (C=O) groups excluding carboxylic acids is 2. The molecule has 0 aliphatic heterocycles. The van der Waals surface area contributed by atoms with Gasteiger partial charge in [0.25, 0.3) is 5.09 Å². The van der Waals surface area contributed by atoms with Crippen LogP contribution in [0.5, 0.6) is 5.75 Å². The molecule has 0 saturated heterocycles. The van der Waals surface area contributed by atoms with E-state index in [-0.39, 0.29) is 6.10 Å². The summed E-state index contributed by atoms with van der Waals surface area (Å²) in [6.45, 7) is 4.80. The summed E-state index contributed by atoms with van der Waals surface area (Å²) in [6, 6.07) is 17.8. The zero-order valence-electron chi connectivity index (χ0n) is 21.1. The maximum Gasteiger partial charge on any atom is 0.412 e. The van der Waals surface area contributed by atoms with Crippen LogP contribution in [-0.4, -0.2) is 48.0 Å². The molecule has 2 aromatic carbocycles. The van der Waals surface area contributed by atoms with E-state index in [4.69, 9.17) is 14.2 Å². The highest BCUT2D eigenvalue weighted by molar-refractivity contribution is 7.10. The molecule has 1 heterocycles.